The molecule has 1 aliphatic carbocycles. The highest BCUT2D eigenvalue weighted by Crippen LogP contribution is 2.39. The molecule has 2 amide bonds. The second kappa shape index (κ2) is 9.18. The standard InChI is InChI=1S/C23H26N6O2S2/c1-14-7-9-15(10-8-14)29-22(28-11-2-3-12-28)26-27-23(29)32-13-18(30)25-21-19(20(24)31)16-5-4-6-17(16)33-21/h7-10H,2-6,11-13H2,1H3,(H2,24,31)(H,25,30). The lowest BCUT2D eigenvalue weighted by atomic mass is 10.1. The average molecular weight is 483 g/mol. The number of primary amides is 1. The molecule has 1 aromatic carbocycles. The molecule has 1 aliphatic heterocycles. The van der Waals surface area contributed by atoms with Gasteiger partial charge in [0.15, 0.2) is 5.16 Å². The van der Waals surface area contributed by atoms with Gasteiger partial charge in [-0.25, -0.2) is 0 Å². The number of aryl methyl sites for hydroxylation is 2. The molecule has 3 aromatic rings. The molecule has 1 saturated heterocycles. The lowest BCUT2D eigenvalue weighted by molar-refractivity contribution is -0.113. The molecular weight excluding hydrogens is 456 g/mol. The van der Waals surface area contributed by atoms with Gasteiger partial charge in [0.2, 0.25) is 11.9 Å². The zero-order chi connectivity index (χ0) is 22.9. The van der Waals surface area contributed by atoms with E-state index in [9.17, 15) is 9.59 Å². The van der Waals surface area contributed by atoms with Gasteiger partial charge in [-0.3, -0.25) is 14.2 Å². The van der Waals surface area contributed by atoms with Crippen LogP contribution in [0, 0.1) is 6.92 Å². The third-order valence-corrected chi connectivity index (χ3v) is 8.19. The van der Waals surface area contributed by atoms with E-state index in [1.165, 1.54) is 28.7 Å². The lowest BCUT2D eigenvalue weighted by Gasteiger charge is -2.18. The number of hydrogen-bond donors (Lipinski definition) is 2. The first-order chi connectivity index (χ1) is 16.0. The second-order valence-corrected chi connectivity index (χ2v) is 10.5. The van der Waals surface area contributed by atoms with Crippen LogP contribution in [-0.4, -0.2) is 45.4 Å². The molecule has 10 heteroatoms. The molecule has 0 saturated carbocycles. The quantitative estimate of drug-likeness (QED) is 0.499. The number of anilines is 2. The zero-order valence-corrected chi connectivity index (χ0v) is 20.1. The molecular formula is C23H26N6O2S2. The first-order valence-corrected chi connectivity index (χ1v) is 13.0. The molecule has 5 rings (SSSR count). The Labute approximate surface area is 200 Å². The third kappa shape index (κ3) is 4.37. The van der Waals surface area contributed by atoms with Crippen LogP contribution in [0.5, 0.6) is 0 Å². The van der Waals surface area contributed by atoms with Crippen LogP contribution in [0.4, 0.5) is 10.9 Å². The highest BCUT2D eigenvalue weighted by molar-refractivity contribution is 7.99. The van der Waals surface area contributed by atoms with Gasteiger partial charge in [0.05, 0.1) is 17.0 Å². The van der Waals surface area contributed by atoms with E-state index in [0.29, 0.717) is 15.7 Å². The molecule has 0 radical (unpaired) electrons. The Morgan fingerprint density at radius 3 is 2.61 bits per heavy atom. The smallest absolute Gasteiger partial charge is 0.251 e. The van der Waals surface area contributed by atoms with E-state index in [1.807, 2.05) is 4.57 Å². The number of aromatic nitrogens is 3. The van der Waals surface area contributed by atoms with Crippen molar-refractivity contribution >= 4 is 45.9 Å². The summed E-state index contributed by atoms with van der Waals surface area (Å²) < 4.78 is 2.03. The number of fused-ring (bicyclic) bond motifs is 1. The summed E-state index contributed by atoms with van der Waals surface area (Å²) in [7, 11) is 0. The molecule has 8 nitrogen and oxygen atoms in total. The third-order valence-electron chi connectivity index (χ3n) is 6.05. The van der Waals surface area contributed by atoms with Crippen LogP contribution in [0.3, 0.4) is 0 Å². The van der Waals surface area contributed by atoms with Gasteiger partial charge in [-0.1, -0.05) is 29.5 Å². The fraction of sp³-hybridized carbons (Fsp3) is 0.391. The number of nitrogens with zero attached hydrogens (tertiary/aromatic N) is 4. The Bertz CT molecular complexity index is 1190. The molecule has 33 heavy (non-hydrogen) atoms. The number of carbonyl (C=O) groups excluding carboxylic acids is 2. The Kier molecular flexibility index (Phi) is 6.11. The van der Waals surface area contributed by atoms with Crippen molar-refractivity contribution in [2.24, 2.45) is 5.73 Å². The van der Waals surface area contributed by atoms with E-state index in [1.54, 1.807) is 0 Å². The first-order valence-electron chi connectivity index (χ1n) is 11.2. The number of thioether (sulfide) groups is 1. The SMILES string of the molecule is Cc1ccc(-n2c(SCC(=O)Nc3sc4c(c3C(N)=O)CCC4)nnc2N2CCCC2)cc1. The van der Waals surface area contributed by atoms with Crippen LogP contribution >= 0.6 is 23.1 Å². The Morgan fingerprint density at radius 2 is 1.88 bits per heavy atom. The molecule has 3 heterocycles. The van der Waals surface area contributed by atoms with Gasteiger partial charge < -0.3 is 16.0 Å². The predicted octanol–water partition coefficient (Wildman–Crippen LogP) is 3.56. The summed E-state index contributed by atoms with van der Waals surface area (Å²) in [5.74, 6) is 0.297. The molecule has 172 valence electrons. The van der Waals surface area contributed by atoms with Crippen LogP contribution in [0.1, 0.15) is 45.6 Å². The molecule has 0 unspecified atom stereocenters. The topological polar surface area (TPSA) is 106 Å². The highest BCUT2D eigenvalue weighted by atomic mass is 32.2. The fourth-order valence-electron chi connectivity index (χ4n) is 4.44. The number of nitrogens with two attached hydrogens (primary N) is 1. The first kappa shape index (κ1) is 22.0. The van der Waals surface area contributed by atoms with Gasteiger partial charge in [-0.2, -0.15) is 0 Å². The normalized spacial score (nSPS) is 15.1. The van der Waals surface area contributed by atoms with Crippen LogP contribution < -0.4 is 16.0 Å². The number of benzene rings is 1. The average Bonchev–Trinajstić information content (AvgIpc) is 3.56. The monoisotopic (exact) mass is 482 g/mol. The minimum absolute atomic E-state index is 0.158. The number of hydrogen-bond acceptors (Lipinski definition) is 7. The molecule has 2 aromatic heterocycles. The van der Waals surface area contributed by atoms with Crippen molar-refractivity contribution in [1.29, 1.82) is 0 Å². The van der Waals surface area contributed by atoms with Crippen molar-refractivity contribution < 1.29 is 9.59 Å². The van der Waals surface area contributed by atoms with Crippen LogP contribution in [0.15, 0.2) is 29.4 Å². The highest BCUT2D eigenvalue weighted by Gasteiger charge is 2.27. The molecule has 0 bridgehead atoms. The molecule has 3 N–H and O–H groups in total. The van der Waals surface area contributed by atoms with E-state index in [2.05, 4.69) is 51.6 Å². The number of rotatable bonds is 7. The summed E-state index contributed by atoms with van der Waals surface area (Å²) in [6, 6.07) is 8.22. The van der Waals surface area contributed by atoms with E-state index in [-0.39, 0.29) is 11.7 Å². The minimum Gasteiger partial charge on any atom is -0.365 e. The van der Waals surface area contributed by atoms with E-state index >= 15 is 0 Å². The van der Waals surface area contributed by atoms with Gasteiger partial charge in [0.1, 0.15) is 5.00 Å². The summed E-state index contributed by atoms with van der Waals surface area (Å²) in [4.78, 5) is 28.2. The van der Waals surface area contributed by atoms with Crippen molar-refractivity contribution in [1.82, 2.24) is 14.8 Å². The number of amides is 2. The summed E-state index contributed by atoms with van der Waals surface area (Å²) in [5.41, 5.74) is 9.25. The van der Waals surface area contributed by atoms with Crippen LogP contribution in [0.2, 0.25) is 0 Å². The Hall–Kier alpha value is -2.85. The van der Waals surface area contributed by atoms with Crippen molar-refractivity contribution in [3.8, 4) is 5.69 Å². The number of nitrogens with one attached hydrogen (secondary N) is 1. The van der Waals surface area contributed by atoms with Gasteiger partial charge in [-0.05, 0) is 56.7 Å². The molecule has 1 fully saturated rings. The van der Waals surface area contributed by atoms with Crippen LogP contribution in [-0.2, 0) is 17.6 Å². The Balaban J connectivity index is 1.35. The maximum Gasteiger partial charge on any atom is 0.251 e. The minimum atomic E-state index is -0.480. The van der Waals surface area contributed by atoms with Gasteiger partial charge >= 0.3 is 0 Å². The summed E-state index contributed by atoms with van der Waals surface area (Å²) in [6.07, 6.45) is 5.08. The summed E-state index contributed by atoms with van der Waals surface area (Å²) in [6.45, 7) is 3.96. The van der Waals surface area contributed by atoms with E-state index in [4.69, 9.17) is 5.73 Å². The van der Waals surface area contributed by atoms with Crippen molar-refractivity contribution in [2.45, 2.75) is 44.2 Å². The zero-order valence-electron chi connectivity index (χ0n) is 18.5. The largest absolute Gasteiger partial charge is 0.365 e. The summed E-state index contributed by atoms with van der Waals surface area (Å²) >= 11 is 2.80. The van der Waals surface area contributed by atoms with Crippen molar-refractivity contribution in [3.63, 3.8) is 0 Å². The van der Waals surface area contributed by atoms with Crippen molar-refractivity contribution in [2.75, 3.05) is 29.1 Å². The van der Waals surface area contributed by atoms with Crippen LogP contribution in [0.25, 0.3) is 5.69 Å². The fourth-order valence-corrected chi connectivity index (χ4v) is 6.50. The lowest BCUT2D eigenvalue weighted by Crippen LogP contribution is -2.22. The molecule has 0 atom stereocenters. The number of thiophene rings is 1. The van der Waals surface area contributed by atoms with E-state index in [0.717, 1.165) is 67.3 Å². The predicted molar refractivity (Wildman–Crippen MR) is 132 cm³/mol. The molecule has 0 spiro atoms. The number of carbonyl (C=O) groups is 2. The Morgan fingerprint density at radius 1 is 1.12 bits per heavy atom. The van der Waals surface area contributed by atoms with Crippen molar-refractivity contribution in [3.05, 3.63) is 45.8 Å². The summed E-state index contributed by atoms with van der Waals surface area (Å²) in [5, 5.41) is 13.0. The maximum absolute atomic E-state index is 12.8. The van der Waals surface area contributed by atoms with Gasteiger partial charge in [0.25, 0.3) is 5.91 Å². The van der Waals surface area contributed by atoms with E-state index < -0.39 is 5.91 Å². The van der Waals surface area contributed by atoms with Gasteiger partial charge in [0, 0.05) is 18.0 Å². The van der Waals surface area contributed by atoms with Gasteiger partial charge in [-0.15, -0.1) is 21.5 Å². The second-order valence-electron chi connectivity index (χ2n) is 8.41. The maximum atomic E-state index is 12.8. The molecule has 2 aliphatic rings.